The van der Waals surface area contributed by atoms with E-state index in [0.29, 0.717) is 11.3 Å². The summed E-state index contributed by atoms with van der Waals surface area (Å²) in [5.41, 5.74) is 7.22. The highest BCUT2D eigenvalue weighted by molar-refractivity contribution is 5.49. The standard InChI is InChI=1S/C11H17NO3/c1-3-7-4-8(9(12)6-13)11(14)10(5-7)15-2/h4-5,9,13-14H,3,6,12H2,1-2H3/t9-/m1/s1. The average Bonchev–Trinajstić information content (AvgIpc) is 2.28. The molecule has 0 bridgehead atoms. The molecular weight excluding hydrogens is 194 g/mol. The summed E-state index contributed by atoms with van der Waals surface area (Å²) in [6.45, 7) is 1.80. The van der Waals surface area contributed by atoms with Crippen LogP contribution in [-0.4, -0.2) is 23.9 Å². The van der Waals surface area contributed by atoms with Gasteiger partial charge in [0, 0.05) is 5.56 Å². The second-order valence-corrected chi connectivity index (χ2v) is 3.38. The van der Waals surface area contributed by atoms with E-state index in [1.165, 1.54) is 7.11 Å². The Kier molecular flexibility index (Phi) is 3.94. The molecule has 15 heavy (non-hydrogen) atoms. The number of phenols is 1. The van der Waals surface area contributed by atoms with Crippen molar-refractivity contribution >= 4 is 0 Å². The van der Waals surface area contributed by atoms with E-state index in [2.05, 4.69) is 0 Å². The van der Waals surface area contributed by atoms with Gasteiger partial charge in [-0.3, -0.25) is 0 Å². The van der Waals surface area contributed by atoms with Gasteiger partial charge in [-0.25, -0.2) is 0 Å². The maximum atomic E-state index is 9.79. The van der Waals surface area contributed by atoms with Crippen LogP contribution in [0.2, 0.25) is 0 Å². The van der Waals surface area contributed by atoms with Gasteiger partial charge < -0.3 is 20.7 Å². The summed E-state index contributed by atoms with van der Waals surface area (Å²) < 4.78 is 5.04. The first kappa shape index (κ1) is 11.8. The maximum absolute atomic E-state index is 9.79. The molecule has 0 unspecified atom stereocenters. The highest BCUT2D eigenvalue weighted by Gasteiger charge is 2.15. The van der Waals surface area contributed by atoms with Gasteiger partial charge in [-0.15, -0.1) is 0 Å². The van der Waals surface area contributed by atoms with Gasteiger partial charge in [0.15, 0.2) is 11.5 Å². The molecule has 0 amide bonds. The zero-order chi connectivity index (χ0) is 11.4. The third-order valence-corrected chi connectivity index (χ3v) is 2.39. The Morgan fingerprint density at radius 3 is 2.60 bits per heavy atom. The van der Waals surface area contributed by atoms with Gasteiger partial charge in [-0.2, -0.15) is 0 Å². The Morgan fingerprint density at radius 2 is 2.13 bits per heavy atom. The van der Waals surface area contributed by atoms with E-state index in [9.17, 15) is 5.11 Å². The predicted octanol–water partition coefficient (Wildman–Crippen LogP) is 0.955. The molecule has 4 nitrogen and oxygen atoms in total. The van der Waals surface area contributed by atoms with E-state index in [4.69, 9.17) is 15.6 Å². The Bertz CT molecular complexity index is 339. The number of aryl methyl sites for hydroxylation is 1. The number of hydrogen-bond acceptors (Lipinski definition) is 4. The molecule has 0 aliphatic rings. The first-order valence-electron chi connectivity index (χ1n) is 4.90. The van der Waals surface area contributed by atoms with Crippen LogP contribution < -0.4 is 10.5 Å². The van der Waals surface area contributed by atoms with Crippen LogP contribution in [0.3, 0.4) is 0 Å². The van der Waals surface area contributed by atoms with Gasteiger partial charge >= 0.3 is 0 Å². The van der Waals surface area contributed by atoms with Crippen molar-refractivity contribution in [1.82, 2.24) is 0 Å². The largest absolute Gasteiger partial charge is 0.504 e. The minimum absolute atomic E-state index is 0.0104. The SMILES string of the molecule is CCc1cc(OC)c(O)c([C@H](N)CO)c1. The summed E-state index contributed by atoms with van der Waals surface area (Å²) in [4.78, 5) is 0. The molecule has 0 saturated carbocycles. The number of aliphatic hydroxyl groups excluding tert-OH is 1. The van der Waals surface area contributed by atoms with E-state index in [-0.39, 0.29) is 12.4 Å². The number of methoxy groups -OCH3 is 1. The number of rotatable bonds is 4. The predicted molar refractivity (Wildman–Crippen MR) is 58.1 cm³/mol. The van der Waals surface area contributed by atoms with E-state index >= 15 is 0 Å². The summed E-state index contributed by atoms with van der Waals surface area (Å²) in [6, 6.07) is 2.98. The Labute approximate surface area is 89.3 Å². The Hall–Kier alpha value is -1.26. The van der Waals surface area contributed by atoms with E-state index < -0.39 is 6.04 Å². The van der Waals surface area contributed by atoms with Gasteiger partial charge in [0.05, 0.1) is 19.8 Å². The fourth-order valence-corrected chi connectivity index (χ4v) is 1.43. The highest BCUT2D eigenvalue weighted by atomic mass is 16.5. The normalized spacial score (nSPS) is 12.5. The van der Waals surface area contributed by atoms with Crippen molar-refractivity contribution in [2.45, 2.75) is 19.4 Å². The van der Waals surface area contributed by atoms with Crippen molar-refractivity contribution in [3.05, 3.63) is 23.3 Å². The van der Waals surface area contributed by atoms with Crippen LogP contribution in [0.4, 0.5) is 0 Å². The first-order chi connectivity index (χ1) is 7.13. The molecule has 0 saturated heterocycles. The number of phenolic OH excluding ortho intramolecular Hbond substituents is 1. The van der Waals surface area contributed by atoms with Crippen molar-refractivity contribution in [1.29, 1.82) is 0 Å². The summed E-state index contributed by atoms with van der Waals surface area (Å²) in [5, 5.41) is 18.8. The minimum atomic E-state index is -0.578. The lowest BCUT2D eigenvalue weighted by Crippen LogP contribution is -2.15. The minimum Gasteiger partial charge on any atom is -0.504 e. The van der Waals surface area contributed by atoms with Crippen LogP contribution in [-0.2, 0) is 6.42 Å². The van der Waals surface area contributed by atoms with Gasteiger partial charge in [0.1, 0.15) is 0 Å². The molecule has 0 spiro atoms. The molecular formula is C11H17NO3. The number of aliphatic hydroxyl groups is 1. The molecule has 0 aliphatic heterocycles. The number of hydrogen-bond donors (Lipinski definition) is 3. The quantitative estimate of drug-likeness (QED) is 0.693. The zero-order valence-electron chi connectivity index (χ0n) is 9.03. The van der Waals surface area contributed by atoms with Gasteiger partial charge in [-0.1, -0.05) is 13.0 Å². The lowest BCUT2D eigenvalue weighted by molar-refractivity contribution is 0.264. The maximum Gasteiger partial charge on any atom is 0.162 e. The summed E-state index contributed by atoms with van der Waals surface area (Å²) in [7, 11) is 1.49. The van der Waals surface area contributed by atoms with Crippen LogP contribution in [0.1, 0.15) is 24.1 Å². The number of nitrogens with two attached hydrogens (primary N) is 1. The van der Waals surface area contributed by atoms with E-state index in [1.54, 1.807) is 12.1 Å². The molecule has 0 aliphatic carbocycles. The molecule has 1 aromatic carbocycles. The molecule has 0 fully saturated rings. The fraction of sp³-hybridized carbons (Fsp3) is 0.455. The monoisotopic (exact) mass is 211 g/mol. The van der Waals surface area contributed by atoms with Crippen molar-refractivity contribution in [2.75, 3.05) is 13.7 Å². The molecule has 1 aromatic rings. The van der Waals surface area contributed by atoms with E-state index in [0.717, 1.165) is 12.0 Å². The van der Waals surface area contributed by atoms with Crippen molar-refractivity contribution in [3.8, 4) is 11.5 Å². The third-order valence-electron chi connectivity index (χ3n) is 2.39. The molecule has 0 heterocycles. The van der Waals surface area contributed by atoms with Gasteiger partial charge in [0.25, 0.3) is 0 Å². The zero-order valence-corrected chi connectivity index (χ0v) is 9.03. The van der Waals surface area contributed by atoms with Crippen LogP contribution in [0.15, 0.2) is 12.1 Å². The third kappa shape index (κ3) is 2.40. The molecule has 4 heteroatoms. The fourth-order valence-electron chi connectivity index (χ4n) is 1.43. The molecule has 0 aromatic heterocycles. The van der Waals surface area contributed by atoms with Crippen molar-refractivity contribution < 1.29 is 14.9 Å². The lowest BCUT2D eigenvalue weighted by Gasteiger charge is -2.15. The van der Waals surface area contributed by atoms with Crippen LogP contribution in [0.25, 0.3) is 0 Å². The molecule has 4 N–H and O–H groups in total. The summed E-state index contributed by atoms with van der Waals surface area (Å²) in [6.07, 6.45) is 0.821. The van der Waals surface area contributed by atoms with E-state index in [1.807, 2.05) is 6.92 Å². The first-order valence-corrected chi connectivity index (χ1v) is 4.90. The van der Waals surface area contributed by atoms with Crippen LogP contribution in [0.5, 0.6) is 11.5 Å². The Balaban J connectivity index is 3.23. The number of benzene rings is 1. The van der Waals surface area contributed by atoms with Crippen LogP contribution in [0, 0.1) is 0 Å². The van der Waals surface area contributed by atoms with Gasteiger partial charge in [0.2, 0.25) is 0 Å². The van der Waals surface area contributed by atoms with Crippen LogP contribution >= 0.6 is 0 Å². The smallest absolute Gasteiger partial charge is 0.162 e. The molecule has 1 atom stereocenters. The summed E-state index contributed by atoms with van der Waals surface area (Å²) in [5.74, 6) is 0.407. The number of ether oxygens (including phenoxy) is 1. The van der Waals surface area contributed by atoms with Crippen molar-refractivity contribution in [3.63, 3.8) is 0 Å². The molecule has 84 valence electrons. The summed E-state index contributed by atoms with van der Waals surface area (Å²) >= 11 is 0. The number of aromatic hydroxyl groups is 1. The van der Waals surface area contributed by atoms with Crippen molar-refractivity contribution in [2.24, 2.45) is 5.73 Å². The molecule has 1 rings (SSSR count). The highest BCUT2D eigenvalue weighted by Crippen LogP contribution is 2.34. The average molecular weight is 211 g/mol. The second-order valence-electron chi connectivity index (χ2n) is 3.38. The second kappa shape index (κ2) is 5.00. The topological polar surface area (TPSA) is 75.7 Å². The van der Waals surface area contributed by atoms with Gasteiger partial charge in [-0.05, 0) is 18.1 Å². The lowest BCUT2D eigenvalue weighted by atomic mass is 10.0. The Morgan fingerprint density at radius 1 is 1.47 bits per heavy atom. The molecule has 0 radical (unpaired) electrons.